The van der Waals surface area contributed by atoms with Gasteiger partial charge in [-0.05, 0) is 28.1 Å². The van der Waals surface area contributed by atoms with Crippen molar-refractivity contribution in [2.75, 3.05) is 0 Å². The van der Waals surface area contributed by atoms with Crippen molar-refractivity contribution in [1.29, 1.82) is 0 Å². The van der Waals surface area contributed by atoms with Crippen molar-refractivity contribution in [3.05, 3.63) is 20.8 Å². The van der Waals surface area contributed by atoms with Crippen molar-refractivity contribution in [2.24, 2.45) is 0 Å². The molecule has 5 heteroatoms. The Kier molecular flexibility index (Phi) is 3.46. The van der Waals surface area contributed by atoms with Crippen LogP contribution in [-0.2, 0) is 0 Å². The van der Waals surface area contributed by atoms with Crippen LogP contribution in [0.25, 0.3) is 0 Å². The first kappa shape index (κ1) is 9.61. The zero-order chi connectivity index (χ0) is 8.43. The first-order valence-electron chi connectivity index (χ1n) is 2.78. The topological polar surface area (TPSA) is 0 Å². The second-order valence-corrected chi connectivity index (χ2v) is 5.36. The molecule has 0 aliphatic rings. The highest BCUT2D eigenvalue weighted by Crippen LogP contribution is 2.35. The predicted octanol–water partition coefficient (Wildman–Crippen LogP) is 4.21. The smallest absolute Gasteiger partial charge is 0.209 e. The van der Waals surface area contributed by atoms with E-state index < -0.39 is 11.3 Å². The fourth-order valence-corrected chi connectivity index (χ4v) is 2.44. The van der Waals surface area contributed by atoms with E-state index in [1.54, 1.807) is 12.1 Å². The van der Waals surface area contributed by atoms with Gasteiger partial charge in [0.1, 0.15) is 4.83 Å². The number of hydrogen-bond donors (Lipinski definition) is 0. The Balaban J connectivity index is 2.76. The molecule has 0 saturated heterocycles. The van der Waals surface area contributed by atoms with E-state index in [1.165, 1.54) is 11.3 Å². The average molecular weight is 306 g/mol. The third-order valence-corrected chi connectivity index (χ3v) is 3.99. The van der Waals surface area contributed by atoms with Gasteiger partial charge >= 0.3 is 0 Å². The average Bonchev–Trinajstić information content (AvgIpc) is 2.34. The van der Waals surface area contributed by atoms with E-state index in [0.29, 0.717) is 4.88 Å². The molecule has 1 unspecified atom stereocenters. The lowest BCUT2D eigenvalue weighted by Crippen LogP contribution is -1.98. The molecule has 62 valence electrons. The molecule has 11 heavy (non-hydrogen) atoms. The fourth-order valence-electron chi connectivity index (χ4n) is 0.601. The second-order valence-electron chi connectivity index (χ2n) is 1.88. The first-order valence-corrected chi connectivity index (χ1v) is 5.31. The van der Waals surface area contributed by atoms with Gasteiger partial charge in [-0.25, -0.2) is 8.78 Å². The van der Waals surface area contributed by atoms with E-state index in [2.05, 4.69) is 31.9 Å². The molecule has 1 aromatic rings. The molecule has 1 rings (SSSR count). The first-order chi connectivity index (χ1) is 5.11. The van der Waals surface area contributed by atoms with Crippen LogP contribution in [0.4, 0.5) is 8.78 Å². The lowest BCUT2D eigenvalue weighted by atomic mass is 10.3. The maximum atomic E-state index is 12.1. The summed E-state index contributed by atoms with van der Waals surface area (Å²) in [6.45, 7) is 0. The zero-order valence-corrected chi connectivity index (χ0v) is 9.22. The van der Waals surface area contributed by atoms with E-state index in [4.69, 9.17) is 0 Å². The Bertz CT molecular complexity index is 236. The van der Waals surface area contributed by atoms with Crippen molar-refractivity contribution >= 4 is 43.2 Å². The van der Waals surface area contributed by atoms with E-state index >= 15 is 0 Å². The molecule has 0 aliphatic heterocycles. The molecule has 1 atom stereocenters. The van der Waals surface area contributed by atoms with Crippen molar-refractivity contribution in [1.82, 2.24) is 0 Å². The van der Waals surface area contributed by atoms with E-state index in [-0.39, 0.29) is 0 Å². The molecule has 0 bridgehead atoms. The summed E-state index contributed by atoms with van der Waals surface area (Å²) in [5.41, 5.74) is 0. The van der Waals surface area contributed by atoms with Gasteiger partial charge in [-0.3, -0.25) is 0 Å². The van der Waals surface area contributed by atoms with Crippen LogP contribution in [0.3, 0.4) is 0 Å². The lowest BCUT2D eigenvalue weighted by molar-refractivity contribution is 0.148. The second kappa shape index (κ2) is 3.96. The number of alkyl halides is 3. The molecule has 0 aromatic carbocycles. The highest BCUT2D eigenvalue weighted by molar-refractivity contribution is 9.11. The minimum atomic E-state index is -2.35. The molecule has 1 aromatic heterocycles. The predicted molar refractivity (Wildman–Crippen MR) is 49.7 cm³/mol. The van der Waals surface area contributed by atoms with Crippen LogP contribution < -0.4 is 0 Å². The number of thiophene rings is 1. The van der Waals surface area contributed by atoms with Crippen molar-refractivity contribution in [2.45, 2.75) is 11.3 Å². The summed E-state index contributed by atoms with van der Waals surface area (Å²) in [6.07, 6.45) is -2.35. The minimum absolute atomic E-state index is 0.645. The summed E-state index contributed by atoms with van der Waals surface area (Å²) in [5.74, 6) is 0. The van der Waals surface area contributed by atoms with Crippen LogP contribution in [-0.4, -0.2) is 6.43 Å². The number of hydrogen-bond acceptors (Lipinski definition) is 1. The van der Waals surface area contributed by atoms with E-state index in [9.17, 15) is 8.78 Å². The standard InChI is InChI=1S/C6H4Br2F2S/c7-4-2-1-3(11-4)5(8)6(9)10/h1-2,5-6H. The van der Waals surface area contributed by atoms with E-state index in [1.807, 2.05) is 0 Å². The van der Waals surface area contributed by atoms with Gasteiger partial charge in [-0.1, -0.05) is 15.9 Å². The third kappa shape index (κ3) is 2.49. The normalized spacial score (nSPS) is 13.9. The molecule has 0 saturated carbocycles. The Morgan fingerprint density at radius 2 is 2.00 bits per heavy atom. The molecule has 0 N–H and O–H groups in total. The Morgan fingerprint density at radius 1 is 1.36 bits per heavy atom. The van der Waals surface area contributed by atoms with Crippen LogP contribution >= 0.6 is 43.2 Å². The lowest BCUT2D eigenvalue weighted by Gasteiger charge is -2.03. The van der Waals surface area contributed by atoms with E-state index in [0.717, 1.165) is 3.79 Å². The fraction of sp³-hybridized carbons (Fsp3) is 0.333. The van der Waals surface area contributed by atoms with Crippen LogP contribution in [0.2, 0.25) is 0 Å². The highest BCUT2D eigenvalue weighted by atomic mass is 79.9. The summed E-state index contributed by atoms with van der Waals surface area (Å²) in [4.78, 5) is -0.189. The highest BCUT2D eigenvalue weighted by Gasteiger charge is 2.20. The summed E-state index contributed by atoms with van der Waals surface area (Å²) in [6, 6.07) is 3.44. The molecule has 1 heterocycles. The SMILES string of the molecule is FC(F)C(Br)c1ccc(Br)s1. The molecule has 0 spiro atoms. The van der Waals surface area contributed by atoms with Crippen molar-refractivity contribution < 1.29 is 8.78 Å². The third-order valence-electron chi connectivity index (χ3n) is 1.09. The molecule has 0 amide bonds. The van der Waals surface area contributed by atoms with Crippen molar-refractivity contribution in [3.8, 4) is 0 Å². The zero-order valence-electron chi connectivity index (χ0n) is 5.23. The molecule has 0 fully saturated rings. The van der Waals surface area contributed by atoms with Gasteiger partial charge in [-0.15, -0.1) is 11.3 Å². The summed E-state index contributed by atoms with van der Waals surface area (Å²) < 4.78 is 25.0. The van der Waals surface area contributed by atoms with Gasteiger partial charge in [0, 0.05) is 4.88 Å². The van der Waals surface area contributed by atoms with Gasteiger partial charge in [0.05, 0.1) is 3.79 Å². The molecule has 0 aliphatic carbocycles. The summed E-state index contributed by atoms with van der Waals surface area (Å²) >= 11 is 7.42. The maximum Gasteiger partial charge on any atom is 0.255 e. The van der Waals surface area contributed by atoms with Crippen LogP contribution in [0.15, 0.2) is 15.9 Å². The molecule has 0 nitrogen and oxygen atoms in total. The molecular weight excluding hydrogens is 302 g/mol. The van der Waals surface area contributed by atoms with Crippen LogP contribution in [0.5, 0.6) is 0 Å². The maximum absolute atomic E-state index is 12.1. The van der Waals surface area contributed by atoms with Gasteiger partial charge in [0.25, 0.3) is 6.43 Å². The molecule has 0 radical (unpaired) electrons. The quantitative estimate of drug-likeness (QED) is 0.718. The Morgan fingerprint density at radius 3 is 2.36 bits per heavy atom. The Labute approximate surface area is 83.9 Å². The monoisotopic (exact) mass is 304 g/mol. The molecular formula is C6H4Br2F2S. The summed E-state index contributed by atoms with van der Waals surface area (Å²) in [7, 11) is 0. The summed E-state index contributed by atoms with van der Waals surface area (Å²) in [5, 5.41) is 0. The van der Waals surface area contributed by atoms with Crippen molar-refractivity contribution in [3.63, 3.8) is 0 Å². The van der Waals surface area contributed by atoms with Gasteiger partial charge in [-0.2, -0.15) is 0 Å². The largest absolute Gasteiger partial charge is 0.255 e. The van der Waals surface area contributed by atoms with Gasteiger partial charge < -0.3 is 0 Å². The number of halogens is 4. The minimum Gasteiger partial charge on any atom is -0.209 e. The van der Waals surface area contributed by atoms with Crippen LogP contribution in [0, 0.1) is 0 Å². The van der Waals surface area contributed by atoms with Crippen LogP contribution in [0.1, 0.15) is 9.70 Å². The van der Waals surface area contributed by atoms with Gasteiger partial charge in [0.15, 0.2) is 0 Å². The number of rotatable bonds is 2. The van der Waals surface area contributed by atoms with Gasteiger partial charge in [0.2, 0.25) is 0 Å². The Hall–Kier alpha value is 0.520.